The second kappa shape index (κ2) is 3.88. The van der Waals surface area contributed by atoms with E-state index in [1.54, 1.807) is 24.3 Å². The van der Waals surface area contributed by atoms with E-state index in [0.29, 0.717) is 11.1 Å². The zero-order chi connectivity index (χ0) is 12.7. The van der Waals surface area contributed by atoms with Crippen LogP contribution in [0.25, 0.3) is 11.6 Å². The lowest BCUT2D eigenvalue weighted by atomic mass is 10.0. The molecule has 0 amide bonds. The van der Waals surface area contributed by atoms with Crippen LogP contribution in [0.5, 0.6) is 0 Å². The van der Waals surface area contributed by atoms with Crippen molar-refractivity contribution >= 4 is 17.4 Å². The Kier molecular flexibility index (Phi) is 2.33. The third kappa shape index (κ3) is 1.64. The Balaban J connectivity index is 2.13. The monoisotopic (exact) mass is 242 g/mol. The number of allylic oxidation sites excluding steroid dienone is 1. The summed E-state index contributed by atoms with van der Waals surface area (Å²) in [6, 6.07) is 10.2. The fourth-order valence-electron chi connectivity index (χ4n) is 2.12. The van der Waals surface area contributed by atoms with E-state index in [9.17, 15) is 13.6 Å². The molecule has 0 radical (unpaired) electrons. The zero-order valence-electron chi connectivity index (χ0n) is 9.28. The van der Waals surface area contributed by atoms with Crippen molar-refractivity contribution in [1.29, 1.82) is 0 Å². The summed E-state index contributed by atoms with van der Waals surface area (Å²) < 4.78 is 26.3. The van der Waals surface area contributed by atoms with Gasteiger partial charge in [-0.05, 0) is 29.3 Å². The van der Waals surface area contributed by atoms with Crippen LogP contribution in [0.4, 0.5) is 8.78 Å². The molecule has 3 heteroatoms. The van der Waals surface area contributed by atoms with Crippen LogP contribution in [-0.4, -0.2) is 5.78 Å². The predicted molar refractivity (Wildman–Crippen MR) is 65.0 cm³/mol. The Hall–Kier alpha value is -2.29. The van der Waals surface area contributed by atoms with Gasteiger partial charge in [0.05, 0.1) is 0 Å². The van der Waals surface area contributed by atoms with Crippen LogP contribution in [0.3, 0.4) is 0 Å². The average Bonchev–Trinajstić information content (AvgIpc) is 2.66. The number of carbonyl (C=O) groups is 1. The van der Waals surface area contributed by atoms with Gasteiger partial charge in [-0.1, -0.05) is 24.3 Å². The predicted octanol–water partition coefficient (Wildman–Crippen LogP) is 3.70. The second-order valence-electron chi connectivity index (χ2n) is 4.13. The lowest BCUT2D eigenvalue weighted by molar-refractivity contribution is 0.105. The van der Waals surface area contributed by atoms with Crippen LogP contribution >= 0.6 is 0 Å². The molecule has 0 aromatic heterocycles. The summed E-state index contributed by atoms with van der Waals surface area (Å²) in [6.45, 7) is 0. The average molecular weight is 242 g/mol. The van der Waals surface area contributed by atoms with Crippen molar-refractivity contribution in [1.82, 2.24) is 0 Å². The molecule has 0 heterocycles. The number of fused-ring (bicyclic) bond motifs is 1. The largest absolute Gasteiger partial charge is 0.289 e. The quantitative estimate of drug-likeness (QED) is 0.745. The molecule has 0 fully saturated rings. The van der Waals surface area contributed by atoms with Crippen molar-refractivity contribution in [3.8, 4) is 0 Å². The smallest absolute Gasteiger partial charge is 0.194 e. The minimum atomic E-state index is -0.686. The first kappa shape index (κ1) is 10.8. The van der Waals surface area contributed by atoms with Gasteiger partial charge in [0.2, 0.25) is 0 Å². The van der Waals surface area contributed by atoms with Gasteiger partial charge in [0.25, 0.3) is 0 Å². The summed E-state index contributed by atoms with van der Waals surface area (Å²) in [5.74, 6) is -1.57. The summed E-state index contributed by atoms with van der Waals surface area (Å²) >= 11 is 0. The topological polar surface area (TPSA) is 17.1 Å². The van der Waals surface area contributed by atoms with E-state index in [1.807, 2.05) is 6.07 Å². The number of carbonyl (C=O) groups excluding carboxylic acids is 1. The van der Waals surface area contributed by atoms with Gasteiger partial charge in [0, 0.05) is 17.2 Å². The van der Waals surface area contributed by atoms with Gasteiger partial charge >= 0.3 is 0 Å². The van der Waals surface area contributed by atoms with E-state index in [2.05, 4.69) is 0 Å². The third-order valence-corrected chi connectivity index (χ3v) is 2.92. The molecular weight excluding hydrogens is 234 g/mol. The highest BCUT2D eigenvalue weighted by Gasteiger charge is 2.23. The Morgan fingerprint density at radius 3 is 2.22 bits per heavy atom. The summed E-state index contributed by atoms with van der Waals surface area (Å²) in [5, 5.41) is 0. The molecule has 3 rings (SSSR count). The number of hydrogen-bond donors (Lipinski definition) is 0. The Labute approximate surface area is 102 Å². The Morgan fingerprint density at radius 1 is 0.889 bits per heavy atom. The van der Waals surface area contributed by atoms with Gasteiger partial charge in [0.1, 0.15) is 11.6 Å². The highest BCUT2D eigenvalue weighted by atomic mass is 19.1. The number of benzene rings is 2. The van der Waals surface area contributed by atoms with Crippen LogP contribution in [-0.2, 0) is 0 Å². The van der Waals surface area contributed by atoms with E-state index >= 15 is 0 Å². The van der Waals surface area contributed by atoms with Gasteiger partial charge in [-0.2, -0.15) is 0 Å². The van der Waals surface area contributed by atoms with Crippen molar-refractivity contribution in [3.63, 3.8) is 0 Å². The zero-order valence-corrected chi connectivity index (χ0v) is 9.28. The summed E-state index contributed by atoms with van der Waals surface area (Å²) in [7, 11) is 0. The van der Waals surface area contributed by atoms with Crippen LogP contribution in [0.1, 0.15) is 21.5 Å². The number of halogens is 2. The van der Waals surface area contributed by atoms with Gasteiger partial charge in [0.15, 0.2) is 5.78 Å². The van der Waals surface area contributed by atoms with E-state index in [0.717, 1.165) is 11.6 Å². The molecule has 0 saturated heterocycles. The number of Topliss-reactive ketones (excluding diaryl/α,β-unsaturated/α-hetero) is 1. The van der Waals surface area contributed by atoms with Gasteiger partial charge in [-0.25, -0.2) is 8.78 Å². The van der Waals surface area contributed by atoms with Crippen molar-refractivity contribution in [2.75, 3.05) is 0 Å². The van der Waals surface area contributed by atoms with Crippen LogP contribution < -0.4 is 0 Å². The molecule has 1 aliphatic carbocycles. The highest BCUT2D eigenvalue weighted by Crippen LogP contribution is 2.31. The Bertz CT molecular complexity index is 666. The van der Waals surface area contributed by atoms with Gasteiger partial charge in [-0.3, -0.25) is 4.79 Å². The molecule has 0 bridgehead atoms. The van der Waals surface area contributed by atoms with Gasteiger partial charge < -0.3 is 0 Å². The van der Waals surface area contributed by atoms with E-state index < -0.39 is 11.6 Å². The lowest BCUT2D eigenvalue weighted by Gasteiger charge is -2.02. The first-order valence-corrected chi connectivity index (χ1v) is 5.47. The van der Waals surface area contributed by atoms with Crippen molar-refractivity contribution in [3.05, 3.63) is 70.8 Å². The molecule has 0 aliphatic heterocycles. The SMILES string of the molecule is O=C1C(c2cc(F)cc(F)c2)=Cc2ccccc21. The fraction of sp³-hybridized carbons (Fsp3) is 0. The molecular formula is C15H8F2O. The summed E-state index contributed by atoms with van der Waals surface area (Å²) in [6.07, 6.45) is 1.66. The normalized spacial score (nSPS) is 13.4. The third-order valence-electron chi connectivity index (χ3n) is 2.92. The maximum atomic E-state index is 13.2. The number of rotatable bonds is 1. The number of ketones is 1. The van der Waals surface area contributed by atoms with E-state index in [4.69, 9.17) is 0 Å². The van der Waals surface area contributed by atoms with Gasteiger partial charge in [-0.15, -0.1) is 0 Å². The van der Waals surface area contributed by atoms with Crippen LogP contribution in [0.15, 0.2) is 42.5 Å². The number of hydrogen-bond acceptors (Lipinski definition) is 1. The summed E-state index contributed by atoms with van der Waals surface area (Å²) in [4.78, 5) is 12.1. The minimum absolute atomic E-state index is 0.199. The molecule has 0 atom stereocenters. The van der Waals surface area contributed by atoms with Crippen molar-refractivity contribution in [2.24, 2.45) is 0 Å². The molecule has 1 nitrogen and oxygen atoms in total. The first-order valence-electron chi connectivity index (χ1n) is 5.47. The molecule has 88 valence electrons. The molecule has 2 aromatic carbocycles. The molecule has 0 spiro atoms. The highest BCUT2D eigenvalue weighted by molar-refractivity contribution is 6.37. The minimum Gasteiger partial charge on any atom is -0.289 e. The van der Waals surface area contributed by atoms with Crippen LogP contribution in [0, 0.1) is 11.6 Å². The van der Waals surface area contributed by atoms with Crippen molar-refractivity contribution < 1.29 is 13.6 Å². The first-order chi connectivity index (χ1) is 8.65. The molecule has 18 heavy (non-hydrogen) atoms. The summed E-state index contributed by atoms with van der Waals surface area (Å²) in [5.41, 5.74) is 1.95. The molecule has 0 saturated carbocycles. The lowest BCUT2D eigenvalue weighted by Crippen LogP contribution is -1.99. The van der Waals surface area contributed by atoms with Crippen molar-refractivity contribution in [2.45, 2.75) is 0 Å². The molecule has 2 aromatic rings. The van der Waals surface area contributed by atoms with E-state index in [-0.39, 0.29) is 11.3 Å². The standard InChI is InChI=1S/C15H8F2O/c16-11-5-10(6-12(17)8-11)14-7-9-3-1-2-4-13(9)15(14)18/h1-8H. The molecule has 1 aliphatic rings. The van der Waals surface area contributed by atoms with Crippen LogP contribution in [0.2, 0.25) is 0 Å². The second-order valence-corrected chi connectivity index (χ2v) is 4.13. The maximum Gasteiger partial charge on any atom is 0.194 e. The molecule has 0 N–H and O–H groups in total. The maximum absolute atomic E-state index is 13.2. The Morgan fingerprint density at radius 2 is 1.56 bits per heavy atom. The fourth-order valence-corrected chi connectivity index (χ4v) is 2.12. The van der Waals surface area contributed by atoms with E-state index in [1.165, 1.54) is 12.1 Å². The molecule has 0 unspecified atom stereocenters.